The van der Waals surface area contributed by atoms with Gasteiger partial charge in [0.05, 0.1) is 16.8 Å². The summed E-state index contributed by atoms with van der Waals surface area (Å²) in [4.78, 5) is 8.56. The van der Waals surface area contributed by atoms with E-state index in [9.17, 15) is 0 Å². The molecule has 6 heteroatoms. The van der Waals surface area contributed by atoms with Gasteiger partial charge in [-0.25, -0.2) is 4.98 Å². The second-order valence-corrected chi connectivity index (χ2v) is 5.51. The van der Waals surface area contributed by atoms with Crippen molar-refractivity contribution in [3.63, 3.8) is 0 Å². The first-order chi connectivity index (χ1) is 9.93. The average molecular weight is 287 g/mol. The molecule has 104 valence electrons. The van der Waals surface area contributed by atoms with Crippen molar-refractivity contribution in [2.75, 3.05) is 6.54 Å². The maximum absolute atomic E-state index is 4.21. The van der Waals surface area contributed by atoms with Crippen molar-refractivity contribution in [3.8, 4) is 10.6 Å². The van der Waals surface area contributed by atoms with Crippen LogP contribution in [0.1, 0.15) is 17.8 Å². The first kappa shape index (κ1) is 13.1. The molecule has 0 atom stereocenters. The monoisotopic (exact) mass is 287 g/mol. The number of rotatable bonds is 7. The summed E-state index contributed by atoms with van der Waals surface area (Å²) in [5.74, 6) is 1.05. The summed E-state index contributed by atoms with van der Waals surface area (Å²) in [5, 5.41) is 12.8. The lowest BCUT2D eigenvalue weighted by atomic mass is 10.2. The Morgan fingerprint density at radius 3 is 3.15 bits per heavy atom. The second kappa shape index (κ2) is 6.49. The molecule has 0 amide bonds. The summed E-state index contributed by atoms with van der Waals surface area (Å²) in [7, 11) is 0. The SMILES string of the molecule is c1csc(-c2[nH]ncc2CNCCCc2ncc[nH]2)c1. The third kappa shape index (κ3) is 3.15. The molecule has 3 aromatic heterocycles. The highest BCUT2D eigenvalue weighted by Crippen LogP contribution is 2.25. The van der Waals surface area contributed by atoms with Crippen LogP contribution in [0.2, 0.25) is 0 Å². The lowest BCUT2D eigenvalue weighted by Gasteiger charge is -2.04. The van der Waals surface area contributed by atoms with Crippen molar-refractivity contribution in [1.82, 2.24) is 25.5 Å². The van der Waals surface area contributed by atoms with Gasteiger partial charge in [0.25, 0.3) is 0 Å². The molecule has 0 radical (unpaired) electrons. The Balaban J connectivity index is 1.46. The number of thiophene rings is 1. The molecular formula is C14H17N5S. The van der Waals surface area contributed by atoms with E-state index in [0.717, 1.165) is 37.4 Å². The Morgan fingerprint density at radius 2 is 2.35 bits per heavy atom. The van der Waals surface area contributed by atoms with Gasteiger partial charge in [0.15, 0.2) is 0 Å². The fraction of sp³-hybridized carbons (Fsp3) is 0.286. The van der Waals surface area contributed by atoms with Gasteiger partial charge in [0.2, 0.25) is 0 Å². The number of aromatic nitrogens is 4. The molecule has 5 nitrogen and oxygen atoms in total. The number of aromatic amines is 2. The molecule has 3 aromatic rings. The van der Waals surface area contributed by atoms with Gasteiger partial charge in [-0.2, -0.15) is 5.10 Å². The number of hydrogen-bond acceptors (Lipinski definition) is 4. The normalized spacial score (nSPS) is 11.0. The Morgan fingerprint density at radius 1 is 1.35 bits per heavy atom. The lowest BCUT2D eigenvalue weighted by Crippen LogP contribution is -2.15. The molecule has 3 N–H and O–H groups in total. The molecule has 0 bridgehead atoms. The summed E-state index contributed by atoms with van der Waals surface area (Å²) in [5.41, 5.74) is 2.34. The molecule has 0 fully saturated rings. The lowest BCUT2D eigenvalue weighted by molar-refractivity contribution is 0.641. The molecule has 0 aliphatic rings. The van der Waals surface area contributed by atoms with E-state index in [0.29, 0.717) is 0 Å². The summed E-state index contributed by atoms with van der Waals surface area (Å²) < 4.78 is 0. The average Bonchev–Trinajstić information content (AvgIpc) is 3.20. The summed E-state index contributed by atoms with van der Waals surface area (Å²) >= 11 is 1.73. The molecule has 0 saturated heterocycles. The van der Waals surface area contributed by atoms with Crippen LogP contribution in [-0.4, -0.2) is 26.7 Å². The van der Waals surface area contributed by atoms with Gasteiger partial charge in [-0.3, -0.25) is 5.10 Å². The van der Waals surface area contributed by atoms with Gasteiger partial charge in [-0.1, -0.05) is 6.07 Å². The van der Waals surface area contributed by atoms with Crippen LogP contribution in [0.5, 0.6) is 0 Å². The third-order valence-electron chi connectivity index (χ3n) is 3.12. The van der Waals surface area contributed by atoms with Crippen LogP contribution < -0.4 is 5.32 Å². The first-order valence-corrected chi connectivity index (χ1v) is 7.56. The zero-order valence-electron chi connectivity index (χ0n) is 11.1. The summed E-state index contributed by atoms with van der Waals surface area (Å²) in [6, 6.07) is 4.17. The van der Waals surface area contributed by atoms with Crippen LogP contribution in [0, 0.1) is 0 Å². The predicted octanol–water partition coefficient (Wildman–Crippen LogP) is 2.58. The minimum absolute atomic E-state index is 0.835. The zero-order valence-corrected chi connectivity index (χ0v) is 11.9. The van der Waals surface area contributed by atoms with Crippen molar-refractivity contribution < 1.29 is 0 Å². The quantitative estimate of drug-likeness (QED) is 0.585. The molecule has 0 spiro atoms. The molecule has 3 rings (SSSR count). The fourth-order valence-electron chi connectivity index (χ4n) is 2.12. The van der Waals surface area contributed by atoms with E-state index >= 15 is 0 Å². The van der Waals surface area contributed by atoms with Crippen LogP contribution in [0.4, 0.5) is 0 Å². The highest BCUT2D eigenvalue weighted by atomic mass is 32.1. The van der Waals surface area contributed by atoms with E-state index in [1.165, 1.54) is 10.4 Å². The van der Waals surface area contributed by atoms with Crippen molar-refractivity contribution in [1.29, 1.82) is 0 Å². The van der Waals surface area contributed by atoms with Crippen molar-refractivity contribution >= 4 is 11.3 Å². The molecule has 20 heavy (non-hydrogen) atoms. The van der Waals surface area contributed by atoms with E-state index < -0.39 is 0 Å². The minimum atomic E-state index is 0.835. The van der Waals surface area contributed by atoms with E-state index in [-0.39, 0.29) is 0 Å². The molecule has 0 aliphatic carbocycles. The Labute approximate surface area is 121 Å². The van der Waals surface area contributed by atoms with Gasteiger partial charge in [-0.05, 0) is 24.4 Å². The van der Waals surface area contributed by atoms with Crippen LogP contribution in [-0.2, 0) is 13.0 Å². The molecule has 0 saturated carbocycles. The smallest absolute Gasteiger partial charge is 0.106 e. The Bertz CT molecular complexity index is 612. The van der Waals surface area contributed by atoms with Crippen LogP contribution in [0.15, 0.2) is 36.1 Å². The maximum Gasteiger partial charge on any atom is 0.106 e. The molecule has 0 unspecified atom stereocenters. The van der Waals surface area contributed by atoms with Crippen LogP contribution >= 0.6 is 11.3 Å². The molecular weight excluding hydrogens is 270 g/mol. The van der Waals surface area contributed by atoms with E-state index in [2.05, 4.69) is 43.0 Å². The first-order valence-electron chi connectivity index (χ1n) is 6.68. The number of aryl methyl sites for hydroxylation is 1. The Kier molecular flexibility index (Phi) is 4.25. The fourth-order valence-corrected chi connectivity index (χ4v) is 2.87. The van der Waals surface area contributed by atoms with E-state index in [4.69, 9.17) is 0 Å². The van der Waals surface area contributed by atoms with Gasteiger partial charge in [-0.15, -0.1) is 11.3 Å². The van der Waals surface area contributed by atoms with Crippen molar-refractivity contribution in [2.45, 2.75) is 19.4 Å². The van der Waals surface area contributed by atoms with Crippen molar-refractivity contribution in [2.24, 2.45) is 0 Å². The molecule has 0 aromatic carbocycles. The van der Waals surface area contributed by atoms with Crippen LogP contribution in [0.25, 0.3) is 10.6 Å². The van der Waals surface area contributed by atoms with Gasteiger partial charge in [0.1, 0.15) is 5.82 Å². The zero-order chi connectivity index (χ0) is 13.6. The molecule has 0 aliphatic heterocycles. The highest BCUT2D eigenvalue weighted by Gasteiger charge is 2.07. The molecule has 3 heterocycles. The Hall–Kier alpha value is -1.92. The number of imidazole rings is 1. The summed E-state index contributed by atoms with van der Waals surface area (Å²) in [6.07, 6.45) is 7.60. The predicted molar refractivity (Wildman–Crippen MR) is 80.5 cm³/mol. The highest BCUT2D eigenvalue weighted by molar-refractivity contribution is 7.13. The topological polar surface area (TPSA) is 69.4 Å². The number of H-pyrrole nitrogens is 2. The standard InChI is InChI=1S/C14H17N5S/c1(4-13-16-6-7-17-13)5-15-9-11-10-18-19-14(11)12-3-2-8-20-12/h2-3,6-8,10,15H,1,4-5,9H2,(H,16,17)(H,18,19). The van der Waals surface area contributed by atoms with Gasteiger partial charge >= 0.3 is 0 Å². The summed E-state index contributed by atoms with van der Waals surface area (Å²) in [6.45, 7) is 1.80. The third-order valence-corrected chi connectivity index (χ3v) is 4.01. The largest absolute Gasteiger partial charge is 0.349 e. The van der Waals surface area contributed by atoms with Gasteiger partial charge < -0.3 is 10.3 Å². The number of nitrogens with zero attached hydrogens (tertiary/aromatic N) is 2. The number of nitrogens with one attached hydrogen (secondary N) is 3. The van der Waals surface area contributed by atoms with E-state index in [1.54, 1.807) is 17.5 Å². The van der Waals surface area contributed by atoms with Gasteiger partial charge in [0, 0.05) is 30.9 Å². The number of hydrogen-bond donors (Lipinski definition) is 3. The maximum atomic E-state index is 4.21. The second-order valence-electron chi connectivity index (χ2n) is 4.56. The van der Waals surface area contributed by atoms with Crippen molar-refractivity contribution in [3.05, 3.63) is 47.5 Å². The minimum Gasteiger partial charge on any atom is -0.349 e. The van der Waals surface area contributed by atoms with Crippen LogP contribution in [0.3, 0.4) is 0 Å². The van der Waals surface area contributed by atoms with E-state index in [1.807, 2.05) is 12.4 Å².